The van der Waals surface area contributed by atoms with Crippen molar-refractivity contribution < 1.29 is 0 Å². The normalized spacial score (nSPS) is 18.8. The molecular formula is C18H23ClN4. The lowest BCUT2D eigenvalue weighted by atomic mass is 10.0. The van der Waals surface area contributed by atoms with Crippen molar-refractivity contribution in [1.29, 1.82) is 10.5 Å². The number of nitrogens with zero attached hydrogens (tertiary/aromatic N) is 4. The van der Waals surface area contributed by atoms with Crippen LogP contribution in [0.4, 0.5) is 0 Å². The summed E-state index contributed by atoms with van der Waals surface area (Å²) in [4.78, 5) is 4.81. The van der Waals surface area contributed by atoms with Crippen molar-refractivity contribution in [3.05, 3.63) is 34.9 Å². The molecule has 23 heavy (non-hydrogen) atoms. The molecule has 1 aromatic rings. The number of hydrogen-bond acceptors (Lipinski definition) is 4. The van der Waals surface area contributed by atoms with Gasteiger partial charge < -0.3 is 0 Å². The van der Waals surface area contributed by atoms with Crippen LogP contribution in [0.2, 0.25) is 5.02 Å². The van der Waals surface area contributed by atoms with Gasteiger partial charge in [0.25, 0.3) is 0 Å². The zero-order chi connectivity index (χ0) is 16.7. The Labute approximate surface area is 143 Å². The summed E-state index contributed by atoms with van der Waals surface area (Å²) in [5, 5.41) is 18.6. The second-order valence-electron chi connectivity index (χ2n) is 6.09. The molecule has 0 radical (unpaired) electrons. The standard InChI is InChI=1S/C18H23ClN4/c1-15(17-4-6-18(19)7-5-17)23-11-9-22(10-12-23)14-16(13-21)3-2-8-20/h4-7,15-16H,2-3,9-12,14H2,1H3. The number of halogens is 1. The fourth-order valence-corrected chi connectivity index (χ4v) is 3.16. The Morgan fingerprint density at radius 2 is 1.78 bits per heavy atom. The highest BCUT2D eigenvalue weighted by Gasteiger charge is 2.23. The van der Waals surface area contributed by atoms with Gasteiger partial charge >= 0.3 is 0 Å². The highest BCUT2D eigenvalue weighted by Crippen LogP contribution is 2.23. The van der Waals surface area contributed by atoms with E-state index in [0.717, 1.165) is 37.7 Å². The van der Waals surface area contributed by atoms with E-state index in [0.29, 0.717) is 18.9 Å². The third-order valence-electron chi connectivity index (χ3n) is 4.57. The van der Waals surface area contributed by atoms with Crippen LogP contribution in [-0.2, 0) is 0 Å². The Balaban J connectivity index is 1.82. The first-order valence-corrected chi connectivity index (χ1v) is 8.50. The Hall–Kier alpha value is -1.59. The number of piperazine rings is 1. The SMILES string of the molecule is CC(c1ccc(Cl)cc1)N1CCN(CC(C#N)CCC#N)CC1. The topological polar surface area (TPSA) is 54.1 Å². The lowest BCUT2D eigenvalue weighted by Crippen LogP contribution is -2.48. The summed E-state index contributed by atoms with van der Waals surface area (Å²) in [6.07, 6.45) is 1.14. The number of rotatable bonds is 6. The Morgan fingerprint density at radius 3 is 2.35 bits per heavy atom. The Bertz CT molecular complexity index is 564. The second kappa shape index (κ2) is 8.89. The van der Waals surface area contributed by atoms with Crippen molar-refractivity contribution in [3.63, 3.8) is 0 Å². The highest BCUT2D eigenvalue weighted by molar-refractivity contribution is 6.30. The molecule has 0 aromatic heterocycles. The van der Waals surface area contributed by atoms with Crippen LogP contribution in [0.15, 0.2) is 24.3 Å². The van der Waals surface area contributed by atoms with Crippen molar-refractivity contribution in [2.75, 3.05) is 32.7 Å². The third-order valence-corrected chi connectivity index (χ3v) is 4.82. The van der Waals surface area contributed by atoms with Gasteiger partial charge in [0.1, 0.15) is 0 Å². The fraction of sp³-hybridized carbons (Fsp3) is 0.556. The molecule has 0 amide bonds. The molecule has 1 aliphatic heterocycles. The smallest absolute Gasteiger partial charge is 0.0669 e. The molecule has 1 saturated heterocycles. The van der Waals surface area contributed by atoms with Gasteiger partial charge in [0.05, 0.1) is 18.1 Å². The van der Waals surface area contributed by atoms with Crippen molar-refractivity contribution in [3.8, 4) is 12.1 Å². The summed E-state index contributed by atoms with van der Waals surface area (Å²) < 4.78 is 0. The summed E-state index contributed by atoms with van der Waals surface area (Å²) in [7, 11) is 0. The van der Waals surface area contributed by atoms with Gasteiger partial charge in [-0.3, -0.25) is 9.80 Å². The van der Waals surface area contributed by atoms with Crippen molar-refractivity contribution in [2.45, 2.75) is 25.8 Å². The number of hydrogen-bond donors (Lipinski definition) is 0. The van der Waals surface area contributed by atoms with E-state index in [9.17, 15) is 5.26 Å². The quantitative estimate of drug-likeness (QED) is 0.801. The molecule has 2 unspecified atom stereocenters. The van der Waals surface area contributed by atoms with E-state index < -0.39 is 0 Å². The minimum atomic E-state index is -0.0325. The molecule has 0 N–H and O–H groups in total. The first-order valence-electron chi connectivity index (χ1n) is 8.12. The summed E-state index contributed by atoms with van der Waals surface area (Å²) in [5.41, 5.74) is 1.28. The number of nitriles is 2. The summed E-state index contributed by atoms with van der Waals surface area (Å²) in [5.74, 6) is -0.0325. The van der Waals surface area contributed by atoms with Gasteiger partial charge in [-0.25, -0.2) is 0 Å². The van der Waals surface area contributed by atoms with Gasteiger partial charge in [-0.2, -0.15) is 10.5 Å². The van der Waals surface area contributed by atoms with Crippen molar-refractivity contribution in [1.82, 2.24) is 9.80 Å². The molecule has 122 valence electrons. The Kier molecular flexibility index (Phi) is 6.86. The average Bonchev–Trinajstić information content (AvgIpc) is 2.59. The zero-order valence-electron chi connectivity index (χ0n) is 13.6. The molecule has 2 rings (SSSR count). The lowest BCUT2D eigenvalue weighted by molar-refractivity contribution is 0.0955. The predicted octanol–water partition coefficient (Wildman–Crippen LogP) is 3.46. The van der Waals surface area contributed by atoms with E-state index in [1.54, 1.807) is 0 Å². The largest absolute Gasteiger partial charge is 0.299 e. The van der Waals surface area contributed by atoms with Crippen molar-refractivity contribution in [2.24, 2.45) is 5.92 Å². The Morgan fingerprint density at radius 1 is 1.13 bits per heavy atom. The summed E-state index contributed by atoms with van der Waals surface area (Å²) >= 11 is 5.95. The molecule has 0 spiro atoms. The zero-order valence-corrected chi connectivity index (χ0v) is 14.3. The third kappa shape index (κ3) is 5.22. The van der Waals surface area contributed by atoms with Crippen LogP contribution in [0.3, 0.4) is 0 Å². The van der Waals surface area contributed by atoms with E-state index in [1.807, 2.05) is 12.1 Å². The maximum Gasteiger partial charge on any atom is 0.0669 e. The summed E-state index contributed by atoms with van der Waals surface area (Å²) in [6, 6.07) is 12.9. The van der Waals surface area contributed by atoms with Gasteiger partial charge in [-0.05, 0) is 31.0 Å². The average molecular weight is 331 g/mol. The van der Waals surface area contributed by atoms with E-state index in [2.05, 4.69) is 41.0 Å². The molecule has 1 heterocycles. The van der Waals surface area contributed by atoms with Gasteiger partial charge in [0.2, 0.25) is 0 Å². The molecule has 1 aromatic carbocycles. The molecule has 5 heteroatoms. The minimum Gasteiger partial charge on any atom is -0.299 e. The van der Waals surface area contributed by atoms with Gasteiger partial charge in [0, 0.05) is 50.2 Å². The van der Waals surface area contributed by atoms with Crippen molar-refractivity contribution >= 4 is 11.6 Å². The first kappa shape index (κ1) is 17.8. The first-order chi connectivity index (χ1) is 11.1. The molecule has 0 saturated carbocycles. The lowest BCUT2D eigenvalue weighted by Gasteiger charge is -2.38. The van der Waals surface area contributed by atoms with Crippen LogP contribution in [0.1, 0.15) is 31.4 Å². The maximum absolute atomic E-state index is 9.19. The van der Waals surface area contributed by atoms with Crippen LogP contribution in [0.5, 0.6) is 0 Å². The van der Waals surface area contributed by atoms with E-state index in [4.69, 9.17) is 16.9 Å². The second-order valence-corrected chi connectivity index (χ2v) is 6.52. The molecule has 4 nitrogen and oxygen atoms in total. The van der Waals surface area contributed by atoms with Crippen LogP contribution < -0.4 is 0 Å². The molecule has 0 bridgehead atoms. The summed E-state index contributed by atoms with van der Waals surface area (Å²) in [6.45, 7) is 6.96. The van der Waals surface area contributed by atoms with Crippen LogP contribution in [-0.4, -0.2) is 42.5 Å². The number of benzene rings is 1. The fourth-order valence-electron chi connectivity index (χ4n) is 3.03. The monoisotopic (exact) mass is 330 g/mol. The van der Waals surface area contributed by atoms with E-state index in [-0.39, 0.29) is 5.92 Å². The molecule has 2 atom stereocenters. The predicted molar refractivity (Wildman–Crippen MR) is 91.8 cm³/mol. The van der Waals surface area contributed by atoms with E-state index >= 15 is 0 Å². The molecule has 0 aliphatic carbocycles. The highest BCUT2D eigenvalue weighted by atomic mass is 35.5. The molecular weight excluding hydrogens is 308 g/mol. The molecule has 1 aliphatic rings. The van der Waals surface area contributed by atoms with Crippen LogP contribution >= 0.6 is 11.6 Å². The molecule has 1 fully saturated rings. The van der Waals surface area contributed by atoms with Crippen LogP contribution in [0, 0.1) is 28.6 Å². The van der Waals surface area contributed by atoms with Gasteiger partial charge in [-0.15, -0.1) is 0 Å². The minimum absolute atomic E-state index is 0.0325. The van der Waals surface area contributed by atoms with Gasteiger partial charge in [0.15, 0.2) is 0 Å². The maximum atomic E-state index is 9.19. The van der Waals surface area contributed by atoms with Gasteiger partial charge in [-0.1, -0.05) is 23.7 Å². The van der Waals surface area contributed by atoms with E-state index in [1.165, 1.54) is 5.56 Å². The van der Waals surface area contributed by atoms with Crippen LogP contribution in [0.25, 0.3) is 0 Å².